The van der Waals surface area contributed by atoms with Crippen LogP contribution in [0, 0.1) is 17.3 Å². The highest BCUT2D eigenvalue weighted by Crippen LogP contribution is 2.42. The Kier molecular flexibility index (Phi) is 10.5. The van der Waals surface area contributed by atoms with Gasteiger partial charge in [-0.05, 0) is 53.9 Å². The second-order valence-corrected chi connectivity index (χ2v) is 11.1. The number of hydrazine groups is 1. The summed E-state index contributed by atoms with van der Waals surface area (Å²) in [5, 5.41) is 5.61. The molecular weight excluding hydrogens is 490 g/mol. The lowest BCUT2D eigenvalue weighted by atomic mass is 9.70. The molecule has 1 fully saturated rings. The molecule has 3 atom stereocenters. The smallest absolute Gasteiger partial charge is 0.245 e. The second-order valence-electron chi connectivity index (χ2n) is 10.7. The summed E-state index contributed by atoms with van der Waals surface area (Å²) in [4.78, 5) is 33.0. The highest BCUT2D eigenvalue weighted by Gasteiger charge is 2.40. The van der Waals surface area contributed by atoms with Crippen molar-refractivity contribution in [1.82, 2.24) is 20.7 Å². The fourth-order valence-electron chi connectivity index (χ4n) is 5.20. The first kappa shape index (κ1) is 30.5. The maximum Gasteiger partial charge on any atom is 0.245 e. The third-order valence-electron chi connectivity index (χ3n) is 7.20. The number of piperidine rings is 1. The predicted octanol–water partition coefficient (Wildman–Crippen LogP) is 3.90. The average Bonchev–Trinajstić information content (AvgIpc) is 3.37. The van der Waals surface area contributed by atoms with Crippen LogP contribution in [0.5, 0.6) is 0 Å². The number of rotatable bonds is 6. The largest absolute Gasteiger partial charge is 0.412 e. The van der Waals surface area contributed by atoms with Crippen LogP contribution in [0.15, 0.2) is 53.4 Å². The molecule has 0 radical (unpaired) electrons. The van der Waals surface area contributed by atoms with E-state index < -0.39 is 6.04 Å². The Morgan fingerprint density at radius 3 is 2.46 bits per heavy atom. The first-order chi connectivity index (χ1) is 16.7. The van der Waals surface area contributed by atoms with E-state index in [1.807, 2.05) is 54.2 Å². The van der Waals surface area contributed by atoms with E-state index in [2.05, 4.69) is 41.7 Å². The van der Waals surface area contributed by atoms with Crippen molar-refractivity contribution in [1.29, 1.82) is 0 Å². The summed E-state index contributed by atoms with van der Waals surface area (Å²) in [6.07, 6.45) is 8.99. The monoisotopic (exact) mass is 531 g/mol. The Hall–Kier alpha value is -2.68. The van der Waals surface area contributed by atoms with Crippen molar-refractivity contribution in [3.63, 3.8) is 0 Å². The van der Waals surface area contributed by atoms with Gasteiger partial charge >= 0.3 is 0 Å². The van der Waals surface area contributed by atoms with Crippen molar-refractivity contribution in [2.75, 3.05) is 19.6 Å². The topological polar surface area (TPSA) is 109 Å². The molecule has 37 heavy (non-hydrogen) atoms. The molecule has 3 aliphatic heterocycles. The number of nitrogens with zero attached hydrogens (tertiary/aromatic N) is 3. The minimum absolute atomic E-state index is 0. The molecule has 4 rings (SSSR count). The van der Waals surface area contributed by atoms with Crippen LogP contribution in [0.4, 0.5) is 0 Å². The van der Waals surface area contributed by atoms with E-state index in [4.69, 9.17) is 11.6 Å². The van der Waals surface area contributed by atoms with Crippen LogP contribution in [0.3, 0.4) is 0 Å². The standard InChI is InChI=1S/C27H36ClN5O2.CH4.H2O/c1-18(2)24(31-25(34)20-8-11-23(29-16-20)33-14-5-13-30-33)26(35)32-15-12-22(27(3,4)17-32)19-6-9-21(28)10-7-19;;/h5-7,9-11,14,16,18,20,22,24,30H,8,12-13,15,17H2,1-4H3,(H,31,34);1H4;1H2/t20?,22-,24-;;/m1../s1. The van der Waals surface area contributed by atoms with Crippen molar-refractivity contribution in [3.05, 3.63) is 59.0 Å². The van der Waals surface area contributed by atoms with Crippen molar-refractivity contribution in [3.8, 4) is 0 Å². The SMILES string of the molecule is C.CC(C)[C@@H](NC(=O)C1C=NC(N2C=CCN2)=CC1)C(=O)N1CC[C@H](c2ccc(Cl)cc2)C(C)(C)C1.O. The van der Waals surface area contributed by atoms with Gasteiger partial charge in [-0.15, -0.1) is 0 Å². The zero-order valence-corrected chi connectivity index (χ0v) is 22.3. The number of amides is 2. The molecule has 1 saturated heterocycles. The molecular formula is C28H42ClN5O3. The van der Waals surface area contributed by atoms with Crippen molar-refractivity contribution in [2.45, 2.75) is 59.9 Å². The fourth-order valence-corrected chi connectivity index (χ4v) is 5.32. The lowest BCUT2D eigenvalue weighted by Gasteiger charge is -2.46. The Labute approximate surface area is 226 Å². The average molecular weight is 532 g/mol. The molecule has 4 N–H and O–H groups in total. The Morgan fingerprint density at radius 2 is 1.92 bits per heavy atom. The van der Waals surface area contributed by atoms with Crippen LogP contribution in [0.25, 0.3) is 0 Å². The number of allylic oxidation sites excluding steroid dienone is 1. The summed E-state index contributed by atoms with van der Waals surface area (Å²) < 4.78 is 0. The van der Waals surface area contributed by atoms with Crippen molar-refractivity contribution in [2.24, 2.45) is 22.2 Å². The number of hydrogen-bond donors (Lipinski definition) is 2. The van der Waals surface area contributed by atoms with Gasteiger partial charge in [-0.1, -0.05) is 64.9 Å². The van der Waals surface area contributed by atoms with E-state index in [0.29, 0.717) is 25.4 Å². The van der Waals surface area contributed by atoms with Gasteiger partial charge in [-0.3, -0.25) is 14.6 Å². The van der Waals surface area contributed by atoms with E-state index >= 15 is 0 Å². The molecule has 3 heterocycles. The van der Waals surface area contributed by atoms with Gasteiger partial charge < -0.3 is 15.7 Å². The van der Waals surface area contributed by atoms with E-state index in [-0.39, 0.29) is 42.0 Å². The van der Waals surface area contributed by atoms with Crippen LogP contribution in [-0.2, 0) is 9.59 Å². The molecule has 0 aliphatic carbocycles. The fraction of sp³-hybridized carbons (Fsp3) is 0.536. The lowest BCUT2D eigenvalue weighted by molar-refractivity contribution is -0.141. The summed E-state index contributed by atoms with van der Waals surface area (Å²) in [6.45, 7) is 10.5. The number of carbonyl (C=O) groups is 2. The summed E-state index contributed by atoms with van der Waals surface area (Å²) in [5.41, 5.74) is 4.33. The molecule has 0 aromatic heterocycles. The van der Waals surface area contributed by atoms with Gasteiger partial charge in [0, 0.05) is 37.1 Å². The van der Waals surface area contributed by atoms with E-state index in [1.54, 1.807) is 6.21 Å². The third-order valence-corrected chi connectivity index (χ3v) is 7.45. The Bertz CT molecular complexity index is 1030. The van der Waals surface area contributed by atoms with E-state index in [9.17, 15) is 9.59 Å². The zero-order chi connectivity index (χ0) is 25.2. The molecule has 3 aliphatic rings. The number of nitrogens with one attached hydrogen (secondary N) is 2. The number of carbonyl (C=O) groups excluding carboxylic acids is 2. The molecule has 204 valence electrons. The zero-order valence-electron chi connectivity index (χ0n) is 21.5. The highest BCUT2D eigenvalue weighted by atomic mass is 35.5. The Morgan fingerprint density at radius 1 is 1.22 bits per heavy atom. The Balaban J connectivity index is 0.00000241. The summed E-state index contributed by atoms with van der Waals surface area (Å²) in [6, 6.07) is 7.47. The number of aliphatic imine (C=N–C) groups is 1. The number of hydrogen-bond acceptors (Lipinski definition) is 5. The van der Waals surface area contributed by atoms with Gasteiger partial charge in [-0.25, -0.2) is 10.4 Å². The first-order valence-electron chi connectivity index (χ1n) is 12.4. The van der Waals surface area contributed by atoms with Crippen molar-refractivity contribution >= 4 is 29.6 Å². The first-order valence-corrected chi connectivity index (χ1v) is 12.8. The molecule has 2 amide bonds. The van der Waals surface area contributed by atoms with Gasteiger partial charge in [0.25, 0.3) is 0 Å². The molecule has 0 spiro atoms. The van der Waals surface area contributed by atoms with E-state index in [1.165, 1.54) is 5.56 Å². The molecule has 1 aromatic rings. The molecule has 1 unspecified atom stereocenters. The van der Waals surface area contributed by atoms with E-state index in [0.717, 1.165) is 23.8 Å². The van der Waals surface area contributed by atoms with Gasteiger partial charge in [0.05, 0.1) is 5.92 Å². The summed E-state index contributed by atoms with van der Waals surface area (Å²) in [5.74, 6) is 0.559. The lowest BCUT2D eigenvalue weighted by Crippen LogP contribution is -2.56. The minimum Gasteiger partial charge on any atom is -0.412 e. The van der Waals surface area contributed by atoms with Crippen LogP contribution in [0.2, 0.25) is 5.02 Å². The number of benzene rings is 1. The molecule has 9 heteroatoms. The summed E-state index contributed by atoms with van der Waals surface area (Å²) >= 11 is 6.08. The maximum absolute atomic E-state index is 13.6. The summed E-state index contributed by atoms with van der Waals surface area (Å²) in [7, 11) is 0. The quantitative estimate of drug-likeness (QED) is 0.580. The van der Waals surface area contributed by atoms with Gasteiger partial charge in [-0.2, -0.15) is 0 Å². The maximum atomic E-state index is 13.6. The van der Waals surface area contributed by atoms with Gasteiger partial charge in [0.2, 0.25) is 11.8 Å². The third kappa shape index (κ3) is 7.00. The normalized spacial score (nSPS) is 23.1. The highest BCUT2D eigenvalue weighted by molar-refractivity contribution is 6.30. The predicted molar refractivity (Wildman–Crippen MR) is 150 cm³/mol. The second kappa shape index (κ2) is 12.7. The van der Waals surface area contributed by atoms with Crippen LogP contribution in [0.1, 0.15) is 59.4 Å². The van der Waals surface area contributed by atoms with Gasteiger partial charge in [0.15, 0.2) is 0 Å². The van der Waals surface area contributed by atoms with Crippen LogP contribution >= 0.6 is 11.6 Å². The molecule has 8 nitrogen and oxygen atoms in total. The van der Waals surface area contributed by atoms with Gasteiger partial charge in [0.1, 0.15) is 11.9 Å². The van der Waals surface area contributed by atoms with Crippen LogP contribution < -0.4 is 10.7 Å². The molecule has 1 aromatic carbocycles. The number of halogens is 1. The molecule has 0 bridgehead atoms. The van der Waals surface area contributed by atoms with Crippen LogP contribution in [-0.4, -0.2) is 59.1 Å². The molecule has 0 saturated carbocycles. The minimum atomic E-state index is -0.563. The number of likely N-dealkylation sites (tertiary alicyclic amines) is 1. The van der Waals surface area contributed by atoms with Crippen molar-refractivity contribution < 1.29 is 15.1 Å².